The Kier molecular flexibility index (Phi) is 5.48. The minimum absolute atomic E-state index is 0.0239. The average molecular weight is 302 g/mol. The van der Waals surface area contributed by atoms with Crippen molar-refractivity contribution in [3.63, 3.8) is 0 Å². The zero-order chi connectivity index (χ0) is 14.5. The fourth-order valence-electron chi connectivity index (χ4n) is 2.52. The van der Waals surface area contributed by atoms with Gasteiger partial charge in [0, 0.05) is 19.1 Å². The summed E-state index contributed by atoms with van der Waals surface area (Å²) >= 11 is 1.46. The van der Waals surface area contributed by atoms with Gasteiger partial charge >= 0.3 is 0 Å². The second-order valence-electron chi connectivity index (χ2n) is 5.07. The first kappa shape index (κ1) is 15.4. The Bertz CT molecular complexity index is 442. The molecule has 1 amide bonds. The smallest absolute Gasteiger partial charge is 0.261 e. The first-order valence-corrected chi connectivity index (χ1v) is 7.85. The van der Waals surface area contributed by atoms with Gasteiger partial charge in [0.1, 0.15) is 0 Å². The Morgan fingerprint density at radius 1 is 1.50 bits per heavy atom. The summed E-state index contributed by atoms with van der Waals surface area (Å²) in [7, 11) is 0. The topological polar surface area (TPSA) is 32.3 Å². The van der Waals surface area contributed by atoms with E-state index in [-0.39, 0.29) is 18.5 Å². The molecule has 1 N–H and O–H groups in total. The molecular formula is C14H20F2N2OS. The third-order valence-corrected chi connectivity index (χ3v) is 4.61. The minimum Gasteiger partial charge on any atom is -0.349 e. The summed E-state index contributed by atoms with van der Waals surface area (Å²) in [4.78, 5) is 14.7. The number of halogens is 2. The van der Waals surface area contributed by atoms with E-state index in [4.69, 9.17) is 0 Å². The molecule has 1 aliphatic rings. The summed E-state index contributed by atoms with van der Waals surface area (Å²) in [6.45, 7) is 3.12. The number of hydrogen-bond acceptors (Lipinski definition) is 3. The van der Waals surface area contributed by atoms with E-state index in [1.807, 2.05) is 18.4 Å². The molecule has 0 radical (unpaired) electrons. The quantitative estimate of drug-likeness (QED) is 0.907. The molecule has 112 valence electrons. The standard InChI is InChI=1S/C14H20F2N2OS/c1-2-10-5-8-20-13(10)14(19)17-11-3-6-18(7-4-11)9-12(15)16/h5,8,11-12H,2-4,6-7,9H2,1H3,(H,17,19). The summed E-state index contributed by atoms with van der Waals surface area (Å²) in [6, 6.07) is 2.08. The van der Waals surface area contributed by atoms with Gasteiger partial charge in [0.05, 0.1) is 11.4 Å². The van der Waals surface area contributed by atoms with Crippen molar-refractivity contribution in [1.29, 1.82) is 0 Å². The van der Waals surface area contributed by atoms with Crippen molar-refractivity contribution in [1.82, 2.24) is 10.2 Å². The van der Waals surface area contributed by atoms with Crippen LogP contribution in [0.5, 0.6) is 0 Å². The summed E-state index contributed by atoms with van der Waals surface area (Å²) in [6.07, 6.45) is 0.0507. The molecule has 0 unspecified atom stereocenters. The van der Waals surface area contributed by atoms with Crippen molar-refractivity contribution >= 4 is 17.2 Å². The van der Waals surface area contributed by atoms with E-state index in [2.05, 4.69) is 5.32 Å². The van der Waals surface area contributed by atoms with Crippen LogP contribution in [-0.4, -0.2) is 42.9 Å². The molecule has 2 heterocycles. The molecule has 1 aliphatic heterocycles. The Labute approximate surface area is 122 Å². The number of carbonyl (C=O) groups excluding carboxylic acids is 1. The fourth-order valence-corrected chi connectivity index (χ4v) is 3.42. The molecule has 1 aromatic rings. The number of carbonyl (C=O) groups is 1. The third kappa shape index (κ3) is 3.99. The highest BCUT2D eigenvalue weighted by molar-refractivity contribution is 7.12. The van der Waals surface area contributed by atoms with E-state index in [1.54, 1.807) is 4.90 Å². The first-order valence-electron chi connectivity index (χ1n) is 6.98. The molecule has 0 aromatic carbocycles. The number of amides is 1. The van der Waals surface area contributed by atoms with Gasteiger partial charge in [-0.15, -0.1) is 11.3 Å². The molecule has 6 heteroatoms. The molecule has 0 atom stereocenters. The van der Waals surface area contributed by atoms with Crippen LogP contribution in [0.1, 0.15) is 35.0 Å². The minimum atomic E-state index is -2.28. The van der Waals surface area contributed by atoms with Crippen LogP contribution in [0.25, 0.3) is 0 Å². The zero-order valence-electron chi connectivity index (χ0n) is 11.6. The lowest BCUT2D eigenvalue weighted by molar-refractivity contribution is 0.0697. The Hall–Kier alpha value is -1.01. The van der Waals surface area contributed by atoms with E-state index < -0.39 is 6.43 Å². The number of thiophene rings is 1. The van der Waals surface area contributed by atoms with Crippen molar-refractivity contribution in [2.45, 2.75) is 38.7 Å². The summed E-state index contributed by atoms with van der Waals surface area (Å²) in [5.41, 5.74) is 1.07. The molecule has 1 aromatic heterocycles. The van der Waals surface area contributed by atoms with E-state index >= 15 is 0 Å². The maximum atomic E-state index is 12.3. The number of likely N-dealkylation sites (tertiary alicyclic amines) is 1. The molecule has 20 heavy (non-hydrogen) atoms. The molecule has 1 fully saturated rings. The number of aryl methyl sites for hydroxylation is 1. The molecule has 2 rings (SSSR count). The summed E-state index contributed by atoms with van der Waals surface area (Å²) in [5.74, 6) is -0.0239. The number of alkyl halides is 2. The normalized spacial score (nSPS) is 17.6. The van der Waals surface area contributed by atoms with Gasteiger partial charge in [-0.2, -0.15) is 0 Å². The van der Waals surface area contributed by atoms with Gasteiger partial charge < -0.3 is 5.32 Å². The van der Waals surface area contributed by atoms with E-state index in [0.717, 1.165) is 29.7 Å². The molecular weight excluding hydrogens is 282 g/mol. The highest BCUT2D eigenvalue weighted by Gasteiger charge is 2.23. The second kappa shape index (κ2) is 7.13. The highest BCUT2D eigenvalue weighted by atomic mass is 32.1. The van der Waals surface area contributed by atoms with Gasteiger partial charge in [0.25, 0.3) is 12.3 Å². The van der Waals surface area contributed by atoms with Crippen molar-refractivity contribution in [3.05, 3.63) is 21.9 Å². The number of hydrogen-bond donors (Lipinski definition) is 1. The van der Waals surface area contributed by atoms with Gasteiger partial charge in [-0.25, -0.2) is 8.78 Å². The van der Waals surface area contributed by atoms with Gasteiger partial charge in [-0.1, -0.05) is 6.92 Å². The fraction of sp³-hybridized carbons (Fsp3) is 0.643. The zero-order valence-corrected chi connectivity index (χ0v) is 12.4. The van der Waals surface area contributed by atoms with Crippen LogP contribution >= 0.6 is 11.3 Å². The predicted octanol–water partition coefficient (Wildman–Crippen LogP) is 2.77. The van der Waals surface area contributed by atoms with Crippen molar-refractivity contribution in [2.24, 2.45) is 0 Å². The van der Waals surface area contributed by atoms with Crippen molar-refractivity contribution < 1.29 is 13.6 Å². The summed E-state index contributed by atoms with van der Waals surface area (Å²) < 4.78 is 24.6. The van der Waals surface area contributed by atoms with Crippen LogP contribution in [0.3, 0.4) is 0 Å². The van der Waals surface area contributed by atoms with Crippen LogP contribution in [0.2, 0.25) is 0 Å². The monoisotopic (exact) mass is 302 g/mol. The summed E-state index contributed by atoms with van der Waals surface area (Å²) in [5, 5.41) is 4.96. The maximum Gasteiger partial charge on any atom is 0.261 e. The van der Waals surface area contributed by atoms with Crippen molar-refractivity contribution in [3.8, 4) is 0 Å². The van der Waals surface area contributed by atoms with Crippen LogP contribution in [-0.2, 0) is 6.42 Å². The Balaban J connectivity index is 1.82. The predicted molar refractivity (Wildman–Crippen MR) is 76.6 cm³/mol. The van der Waals surface area contributed by atoms with Crippen LogP contribution in [0, 0.1) is 0 Å². The largest absolute Gasteiger partial charge is 0.349 e. The Morgan fingerprint density at radius 3 is 2.80 bits per heavy atom. The number of rotatable bonds is 5. The molecule has 0 saturated carbocycles. The SMILES string of the molecule is CCc1ccsc1C(=O)NC1CCN(CC(F)F)CC1. The average Bonchev–Trinajstić information content (AvgIpc) is 2.89. The number of nitrogens with zero attached hydrogens (tertiary/aromatic N) is 1. The Morgan fingerprint density at radius 2 is 2.20 bits per heavy atom. The second-order valence-corrected chi connectivity index (χ2v) is 5.98. The van der Waals surface area contributed by atoms with Gasteiger partial charge in [0.2, 0.25) is 0 Å². The van der Waals surface area contributed by atoms with E-state index in [1.165, 1.54) is 11.3 Å². The van der Waals surface area contributed by atoms with Crippen LogP contribution < -0.4 is 5.32 Å². The van der Waals surface area contributed by atoms with Gasteiger partial charge in [-0.05, 0) is 36.3 Å². The van der Waals surface area contributed by atoms with E-state index in [0.29, 0.717) is 13.1 Å². The van der Waals surface area contributed by atoms with Crippen LogP contribution in [0.15, 0.2) is 11.4 Å². The lowest BCUT2D eigenvalue weighted by Gasteiger charge is -2.32. The van der Waals surface area contributed by atoms with Gasteiger partial charge in [-0.3, -0.25) is 9.69 Å². The molecule has 0 bridgehead atoms. The third-order valence-electron chi connectivity index (χ3n) is 3.65. The van der Waals surface area contributed by atoms with Crippen molar-refractivity contribution in [2.75, 3.05) is 19.6 Å². The maximum absolute atomic E-state index is 12.3. The first-order chi connectivity index (χ1) is 9.60. The number of nitrogens with one attached hydrogen (secondary N) is 1. The number of piperidine rings is 1. The lowest BCUT2D eigenvalue weighted by Crippen LogP contribution is -2.45. The van der Waals surface area contributed by atoms with Gasteiger partial charge in [0.15, 0.2) is 0 Å². The highest BCUT2D eigenvalue weighted by Crippen LogP contribution is 2.19. The van der Waals surface area contributed by atoms with Crippen LogP contribution in [0.4, 0.5) is 8.78 Å². The van der Waals surface area contributed by atoms with E-state index in [9.17, 15) is 13.6 Å². The molecule has 1 saturated heterocycles. The molecule has 0 spiro atoms. The lowest BCUT2D eigenvalue weighted by atomic mass is 10.0. The molecule has 3 nitrogen and oxygen atoms in total. The molecule has 0 aliphatic carbocycles.